The highest BCUT2D eigenvalue weighted by Gasteiger charge is 2.26. The maximum atomic E-state index is 11.8. The van der Waals surface area contributed by atoms with Crippen LogP contribution in [0.5, 0.6) is 0 Å². The molecule has 1 aromatic carbocycles. The van der Waals surface area contributed by atoms with Crippen molar-refractivity contribution >= 4 is 11.8 Å². The summed E-state index contributed by atoms with van der Waals surface area (Å²) >= 11 is 0. The Morgan fingerprint density at radius 1 is 1.24 bits per heavy atom. The number of hydrogen-bond acceptors (Lipinski definition) is 3. The van der Waals surface area contributed by atoms with Gasteiger partial charge in [-0.15, -0.1) is 0 Å². The third-order valence-corrected chi connectivity index (χ3v) is 3.04. The van der Waals surface area contributed by atoms with Crippen LogP contribution < -0.4 is 0 Å². The Balaban J connectivity index is 2.01. The van der Waals surface area contributed by atoms with E-state index in [4.69, 9.17) is 4.74 Å². The van der Waals surface area contributed by atoms with Crippen LogP contribution in [-0.2, 0) is 9.53 Å². The third kappa shape index (κ3) is 2.93. The lowest BCUT2D eigenvalue weighted by Gasteiger charge is -2.20. The first-order chi connectivity index (χ1) is 8.16. The first-order valence-corrected chi connectivity index (χ1v) is 5.97. The molecule has 0 amide bonds. The number of esters is 1. The van der Waals surface area contributed by atoms with Gasteiger partial charge in [0.25, 0.3) is 0 Å². The molecule has 1 saturated carbocycles. The first-order valence-electron chi connectivity index (χ1n) is 5.97. The van der Waals surface area contributed by atoms with Gasteiger partial charge in [-0.2, -0.15) is 0 Å². The smallest absolute Gasteiger partial charge is 0.338 e. The summed E-state index contributed by atoms with van der Waals surface area (Å²) in [5.41, 5.74) is 1.60. The number of Topliss-reactive ketones (excluding diaryl/α,β-unsaturated/α-hetero) is 1. The Morgan fingerprint density at radius 3 is 2.59 bits per heavy atom. The zero-order valence-electron chi connectivity index (χ0n) is 9.94. The Hall–Kier alpha value is -1.64. The number of ether oxygens (including phenoxy) is 1. The van der Waals surface area contributed by atoms with Gasteiger partial charge in [-0.3, -0.25) is 4.79 Å². The van der Waals surface area contributed by atoms with Crippen molar-refractivity contribution in [1.29, 1.82) is 0 Å². The monoisotopic (exact) mass is 232 g/mol. The van der Waals surface area contributed by atoms with Crippen LogP contribution in [0.15, 0.2) is 24.3 Å². The van der Waals surface area contributed by atoms with Gasteiger partial charge in [0, 0.05) is 6.42 Å². The molecule has 1 fully saturated rings. The van der Waals surface area contributed by atoms with Gasteiger partial charge in [0.2, 0.25) is 0 Å². The Labute approximate surface area is 101 Å². The molecule has 0 N–H and O–H groups in total. The Morgan fingerprint density at radius 2 is 1.94 bits per heavy atom. The topological polar surface area (TPSA) is 43.4 Å². The molecule has 1 atom stereocenters. The number of aryl methyl sites for hydroxylation is 1. The quantitative estimate of drug-likeness (QED) is 0.736. The highest BCUT2D eigenvalue weighted by atomic mass is 16.5. The number of ketones is 1. The molecule has 0 saturated heterocycles. The first kappa shape index (κ1) is 11.8. The molecule has 0 spiro atoms. The highest BCUT2D eigenvalue weighted by Crippen LogP contribution is 2.18. The summed E-state index contributed by atoms with van der Waals surface area (Å²) in [6.45, 7) is 1.96. The maximum Gasteiger partial charge on any atom is 0.338 e. The van der Waals surface area contributed by atoms with Gasteiger partial charge in [0.15, 0.2) is 11.9 Å². The van der Waals surface area contributed by atoms with Crippen LogP contribution in [0.2, 0.25) is 0 Å². The predicted molar refractivity (Wildman–Crippen MR) is 63.9 cm³/mol. The van der Waals surface area contributed by atoms with Crippen molar-refractivity contribution < 1.29 is 14.3 Å². The Kier molecular flexibility index (Phi) is 3.57. The van der Waals surface area contributed by atoms with E-state index in [1.807, 2.05) is 19.1 Å². The number of hydrogen-bond donors (Lipinski definition) is 0. The van der Waals surface area contributed by atoms with Crippen LogP contribution in [0.1, 0.15) is 41.6 Å². The van der Waals surface area contributed by atoms with E-state index in [1.54, 1.807) is 12.1 Å². The molecule has 0 aliphatic heterocycles. The standard InChI is InChI=1S/C14H16O3/c1-10-6-8-11(9-7-10)14(16)17-13-5-3-2-4-12(13)15/h6-9,13H,2-5H2,1H3. The average molecular weight is 232 g/mol. The van der Waals surface area contributed by atoms with E-state index in [1.165, 1.54) is 0 Å². The van der Waals surface area contributed by atoms with Crippen LogP contribution in [0.3, 0.4) is 0 Å². The summed E-state index contributed by atoms with van der Waals surface area (Å²) in [5, 5.41) is 0. The zero-order chi connectivity index (χ0) is 12.3. The molecule has 90 valence electrons. The predicted octanol–water partition coefficient (Wildman–Crippen LogP) is 2.66. The van der Waals surface area contributed by atoms with Crippen molar-refractivity contribution in [3.8, 4) is 0 Å². The van der Waals surface area contributed by atoms with E-state index < -0.39 is 12.1 Å². The zero-order valence-corrected chi connectivity index (χ0v) is 9.94. The molecule has 3 nitrogen and oxygen atoms in total. The molecule has 0 radical (unpaired) electrons. The van der Waals surface area contributed by atoms with Crippen molar-refractivity contribution in [2.75, 3.05) is 0 Å². The Bertz CT molecular complexity index is 420. The summed E-state index contributed by atoms with van der Waals surface area (Å²) in [4.78, 5) is 23.3. The second-order valence-electron chi connectivity index (χ2n) is 4.47. The van der Waals surface area contributed by atoms with Gasteiger partial charge < -0.3 is 4.74 Å². The molecule has 1 aromatic rings. The minimum Gasteiger partial charge on any atom is -0.451 e. The fraction of sp³-hybridized carbons (Fsp3) is 0.429. The molecule has 0 aromatic heterocycles. The third-order valence-electron chi connectivity index (χ3n) is 3.04. The SMILES string of the molecule is Cc1ccc(C(=O)OC2CCCCC2=O)cc1. The average Bonchev–Trinajstić information content (AvgIpc) is 2.33. The molecule has 0 bridgehead atoms. The lowest BCUT2D eigenvalue weighted by Crippen LogP contribution is -2.30. The number of carbonyl (C=O) groups excluding carboxylic acids is 2. The summed E-state index contributed by atoms with van der Waals surface area (Å²) in [5.74, 6) is -0.345. The largest absolute Gasteiger partial charge is 0.451 e. The molecule has 3 heteroatoms. The summed E-state index contributed by atoms with van der Waals surface area (Å²) in [6, 6.07) is 7.18. The van der Waals surface area contributed by atoms with E-state index in [-0.39, 0.29) is 5.78 Å². The van der Waals surface area contributed by atoms with Crippen molar-refractivity contribution in [1.82, 2.24) is 0 Å². The molecular formula is C14H16O3. The van der Waals surface area contributed by atoms with Crippen molar-refractivity contribution in [3.05, 3.63) is 35.4 Å². The van der Waals surface area contributed by atoms with Gasteiger partial charge in [-0.05, 0) is 38.3 Å². The highest BCUT2D eigenvalue weighted by molar-refractivity contribution is 5.93. The normalized spacial score (nSPS) is 20.1. The fourth-order valence-electron chi connectivity index (χ4n) is 1.96. The molecule has 1 unspecified atom stereocenters. The number of carbonyl (C=O) groups is 2. The van der Waals surface area contributed by atoms with Crippen LogP contribution >= 0.6 is 0 Å². The molecule has 2 rings (SSSR count). The number of benzene rings is 1. The van der Waals surface area contributed by atoms with Crippen LogP contribution in [0.25, 0.3) is 0 Å². The summed E-state index contributed by atoms with van der Waals surface area (Å²) < 4.78 is 5.24. The van der Waals surface area contributed by atoms with Crippen molar-refractivity contribution in [2.45, 2.75) is 38.7 Å². The van der Waals surface area contributed by atoms with E-state index in [0.717, 1.165) is 18.4 Å². The van der Waals surface area contributed by atoms with E-state index >= 15 is 0 Å². The van der Waals surface area contributed by atoms with Gasteiger partial charge in [0.05, 0.1) is 5.56 Å². The fourth-order valence-corrected chi connectivity index (χ4v) is 1.96. The molecule has 1 aliphatic carbocycles. The van der Waals surface area contributed by atoms with Crippen LogP contribution in [-0.4, -0.2) is 17.9 Å². The van der Waals surface area contributed by atoms with Crippen LogP contribution in [0.4, 0.5) is 0 Å². The summed E-state index contributed by atoms with van der Waals surface area (Å²) in [7, 11) is 0. The molecule has 1 aliphatic rings. The van der Waals surface area contributed by atoms with Crippen LogP contribution in [0, 0.1) is 6.92 Å². The minimum absolute atomic E-state index is 0.0525. The minimum atomic E-state index is -0.530. The van der Waals surface area contributed by atoms with Gasteiger partial charge >= 0.3 is 5.97 Å². The maximum absolute atomic E-state index is 11.8. The molecule has 17 heavy (non-hydrogen) atoms. The molecule has 0 heterocycles. The van der Waals surface area contributed by atoms with E-state index in [0.29, 0.717) is 18.4 Å². The van der Waals surface area contributed by atoms with Gasteiger partial charge in [0.1, 0.15) is 0 Å². The second-order valence-corrected chi connectivity index (χ2v) is 4.47. The van der Waals surface area contributed by atoms with Crippen molar-refractivity contribution in [3.63, 3.8) is 0 Å². The second kappa shape index (κ2) is 5.13. The van der Waals surface area contributed by atoms with Gasteiger partial charge in [-0.25, -0.2) is 4.79 Å². The van der Waals surface area contributed by atoms with Gasteiger partial charge in [-0.1, -0.05) is 17.7 Å². The van der Waals surface area contributed by atoms with E-state index in [9.17, 15) is 9.59 Å². The van der Waals surface area contributed by atoms with Crippen molar-refractivity contribution in [2.24, 2.45) is 0 Å². The lowest BCUT2D eigenvalue weighted by molar-refractivity contribution is -0.129. The lowest BCUT2D eigenvalue weighted by atomic mass is 9.96. The summed E-state index contributed by atoms with van der Waals surface area (Å²) in [6.07, 6.45) is 2.54. The number of rotatable bonds is 2. The molecular weight excluding hydrogens is 216 g/mol. The van der Waals surface area contributed by atoms with E-state index in [2.05, 4.69) is 0 Å².